The Morgan fingerprint density at radius 1 is 1.05 bits per heavy atom. The average molecular weight is 270 g/mol. The first-order valence-electron chi connectivity index (χ1n) is 6.68. The highest BCUT2D eigenvalue weighted by molar-refractivity contribution is 5.84. The van der Waals surface area contributed by atoms with Gasteiger partial charge in [-0.15, -0.1) is 0 Å². The van der Waals surface area contributed by atoms with E-state index >= 15 is 0 Å². The zero-order valence-electron chi connectivity index (χ0n) is 11.2. The Kier molecular flexibility index (Phi) is 3.39. The summed E-state index contributed by atoms with van der Waals surface area (Å²) in [5.74, 6) is 0.484. The monoisotopic (exact) mass is 270 g/mol. The number of hydrogen-bond acceptors (Lipinski definition) is 6. The second kappa shape index (κ2) is 5.34. The van der Waals surface area contributed by atoms with E-state index in [4.69, 9.17) is 11.5 Å². The number of hydrogen-bond donors (Lipinski definition) is 3. The molecule has 0 saturated carbocycles. The molecule has 6 heteroatoms. The molecule has 2 aromatic rings. The maximum atomic E-state index is 6.18. The van der Waals surface area contributed by atoms with Gasteiger partial charge < -0.3 is 21.7 Å². The Bertz CT molecular complexity index is 606. The van der Waals surface area contributed by atoms with Gasteiger partial charge in [-0.3, -0.25) is 4.98 Å². The molecule has 1 aliphatic rings. The zero-order chi connectivity index (χ0) is 13.9. The lowest BCUT2D eigenvalue weighted by atomic mass is 10.1. The third kappa shape index (κ3) is 2.37. The highest BCUT2D eigenvalue weighted by Gasteiger charge is 2.19. The van der Waals surface area contributed by atoms with Crippen LogP contribution >= 0.6 is 0 Å². The number of piperazine rings is 1. The maximum absolute atomic E-state index is 6.18. The minimum absolute atomic E-state index is 0.484. The lowest BCUT2D eigenvalue weighted by molar-refractivity contribution is 0.589. The highest BCUT2D eigenvalue weighted by atomic mass is 15.2. The number of nitrogens with one attached hydrogen (secondary N) is 1. The Balaban J connectivity index is 2.08. The molecule has 1 aliphatic heterocycles. The van der Waals surface area contributed by atoms with Crippen molar-refractivity contribution in [3.8, 4) is 11.3 Å². The van der Waals surface area contributed by atoms with E-state index in [1.807, 2.05) is 18.2 Å². The summed E-state index contributed by atoms with van der Waals surface area (Å²) in [6, 6.07) is 5.57. The molecule has 0 radical (unpaired) electrons. The van der Waals surface area contributed by atoms with Crippen molar-refractivity contribution in [2.75, 3.05) is 42.5 Å². The van der Waals surface area contributed by atoms with E-state index in [1.54, 1.807) is 12.4 Å². The van der Waals surface area contributed by atoms with Crippen LogP contribution in [0.15, 0.2) is 30.6 Å². The fraction of sp³-hybridized carbons (Fsp3) is 0.286. The predicted octanol–water partition coefficient (Wildman–Crippen LogP) is 0.718. The summed E-state index contributed by atoms with van der Waals surface area (Å²) < 4.78 is 0. The summed E-state index contributed by atoms with van der Waals surface area (Å²) in [6.07, 6.45) is 3.42. The first kappa shape index (κ1) is 12.7. The van der Waals surface area contributed by atoms with Crippen LogP contribution in [0.5, 0.6) is 0 Å². The van der Waals surface area contributed by atoms with Gasteiger partial charge in [0.2, 0.25) is 0 Å². The Labute approximate surface area is 117 Å². The van der Waals surface area contributed by atoms with E-state index in [9.17, 15) is 0 Å². The van der Waals surface area contributed by atoms with Crippen molar-refractivity contribution in [3.05, 3.63) is 30.6 Å². The van der Waals surface area contributed by atoms with Crippen LogP contribution in [-0.2, 0) is 0 Å². The number of anilines is 3. The Hall–Kier alpha value is -2.34. The number of pyridine rings is 2. The summed E-state index contributed by atoms with van der Waals surface area (Å²) in [6.45, 7) is 3.74. The molecule has 0 atom stereocenters. The largest absolute Gasteiger partial charge is 0.397 e. The molecular formula is C14H18N6. The Morgan fingerprint density at radius 2 is 1.80 bits per heavy atom. The molecule has 5 N–H and O–H groups in total. The number of rotatable bonds is 2. The molecule has 0 spiro atoms. The van der Waals surface area contributed by atoms with Gasteiger partial charge in [0.1, 0.15) is 5.82 Å². The van der Waals surface area contributed by atoms with Gasteiger partial charge in [-0.1, -0.05) is 0 Å². The molecule has 3 heterocycles. The first-order valence-corrected chi connectivity index (χ1v) is 6.68. The lowest BCUT2D eigenvalue weighted by Gasteiger charge is -2.31. The van der Waals surface area contributed by atoms with Gasteiger partial charge in [-0.2, -0.15) is 0 Å². The van der Waals surface area contributed by atoms with Crippen LogP contribution in [0, 0.1) is 0 Å². The molecule has 3 rings (SSSR count). The standard InChI is InChI=1S/C14H18N6/c15-11-2-4-19-13(10-1-3-18-12(16)9-10)14(11)20-7-5-17-6-8-20/h1-4,9,17H,5-8H2,(H2,15,19)(H2,16,18). The molecule has 0 aliphatic carbocycles. The number of nitrogen functional groups attached to an aromatic ring is 2. The minimum Gasteiger partial charge on any atom is -0.397 e. The van der Waals surface area contributed by atoms with E-state index in [2.05, 4.69) is 20.2 Å². The molecule has 1 saturated heterocycles. The van der Waals surface area contributed by atoms with Crippen LogP contribution in [0.4, 0.5) is 17.2 Å². The second-order valence-corrected chi connectivity index (χ2v) is 4.80. The van der Waals surface area contributed by atoms with Crippen molar-refractivity contribution in [3.63, 3.8) is 0 Å². The second-order valence-electron chi connectivity index (χ2n) is 4.80. The third-order valence-electron chi connectivity index (χ3n) is 3.44. The van der Waals surface area contributed by atoms with Crippen molar-refractivity contribution >= 4 is 17.2 Å². The van der Waals surface area contributed by atoms with Gasteiger partial charge in [-0.25, -0.2) is 4.98 Å². The normalized spacial score (nSPS) is 15.3. The number of nitrogens with two attached hydrogens (primary N) is 2. The molecule has 104 valence electrons. The van der Waals surface area contributed by atoms with Crippen molar-refractivity contribution in [2.24, 2.45) is 0 Å². The predicted molar refractivity (Wildman–Crippen MR) is 81.4 cm³/mol. The van der Waals surface area contributed by atoms with Crippen LogP contribution in [0.1, 0.15) is 0 Å². The fourth-order valence-corrected chi connectivity index (χ4v) is 2.50. The summed E-state index contributed by atoms with van der Waals surface area (Å²) in [5, 5.41) is 3.34. The quantitative estimate of drug-likeness (QED) is 0.744. The molecule has 0 unspecified atom stereocenters. The smallest absolute Gasteiger partial charge is 0.123 e. The van der Waals surface area contributed by atoms with Gasteiger partial charge in [0.25, 0.3) is 0 Å². The molecule has 2 aromatic heterocycles. The van der Waals surface area contributed by atoms with E-state index in [1.165, 1.54) is 0 Å². The van der Waals surface area contributed by atoms with Crippen molar-refractivity contribution in [1.29, 1.82) is 0 Å². The maximum Gasteiger partial charge on any atom is 0.123 e. The van der Waals surface area contributed by atoms with Crippen LogP contribution in [0.3, 0.4) is 0 Å². The fourth-order valence-electron chi connectivity index (χ4n) is 2.50. The summed E-state index contributed by atoms with van der Waals surface area (Å²) >= 11 is 0. The molecule has 20 heavy (non-hydrogen) atoms. The molecule has 1 fully saturated rings. The lowest BCUT2D eigenvalue weighted by Crippen LogP contribution is -2.44. The summed E-state index contributed by atoms with van der Waals surface area (Å²) in [4.78, 5) is 10.8. The number of nitrogens with zero attached hydrogens (tertiary/aromatic N) is 3. The van der Waals surface area contributed by atoms with Crippen LogP contribution in [0.25, 0.3) is 11.3 Å². The Morgan fingerprint density at radius 3 is 2.55 bits per heavy atom. The van der Waals surface area contributed by atoms with Gasteiger partial charge >= 0.3 is 0 Å². The molecule has 0 bridgehead atoms. The van der Waals surface area contributed by atoms with Crippen LogP contribution in [0.2, 0.25) is 0 Å². The third-order valence-corrected chi connectivity index (χ3v) is 3.44. The molecule has 0 amide bonds. The van der Waals surface area contributed by atoms with E-state index in [0.717, 1.165) is 48.8 Å². The van der Waals surface area contributed by atoms with E-state index in [0.29, 0.717) is 5.82 Å². The first-order chi connectivity index (χ1) is 9.75. The van der Waals surface area contributed by atoms with Crippen LogP contribution in [-0.4, -0.2) is 36.1 Å². The van der Waals surface area contributed by atoms with Crippen molar-refractivity contribution in [1.82, 2.24) is 15.3 Å². The SMILES string of the molecule is Nc1cc(-c2nccc(N)c2N2CCNCC2)ccn1. The molecule has 0 aromatic carbocycles. The topological polar surface area (TPSA) is 93.1 Å². The van der Waals surface area contributed by atoms with E-state index < -0.39 is 0 Å². The molecule has 6 nitrogen and oxygen atoms in total. The molecular weight excluding hydrogens is 252 g/mol. The van der Waals surface area contributed by atoms with Gasteiger partial charge in [0.05, 0.1) is 17.1 Å². The van der Waals surface area contributed by atoms with Gasteiger partial charge in [0, 0.05) is 44.1 Å². The average Bonchev–Trinajstić information content (AvgIpc) is 2.48. The summed E-state index contributed by atoms with van der Waals surface area (Å²) in [7, 11) is 0. The van der Waals surface area contributed by atoms with Crippen LogP contribution < -0.4 is 21.7 Å². The van der Waals surface area contributed by atoms with Gasteiger partial charge in [-0.05, 0) is 18.2 Å². The summed E-state index contributed by atoms with van der Waals surface area (Å²) in [5.41, 5.74) is 15.5. The van der Waals surface area contributed by atoms with Crippen molar-refractivity contribution < 1.29 is 0 Å². The number of aromatic nitrogens is 2. The van der Waals surface area contributed by atoms with Crippen molar-refractivity contribution in [2.45, 2.75) is 0 Å². The van der Waals surface area contributed by atoms with Gasteiger partial charge in [0.15, 0.2) is 0 Å². The zero-order valence-corrected chi connectivity index (χ0v) is 11.2. The highest BCUT2D eigenvalue weighted by Crippen LogP contribution is 2.34. The van der Waals surface area contributed by atoms with E-state index in [-0.39, 0.29) is 0 Å². The minimum atomic E-state index is 0.484.